The summed E-state index contributed by atoms with van der Waals surface area (Å²) in [6, 6.07) is 65.4. The zero-order chi connectivity index (χ0) is 57.0. The minimum Gasteiger partial charge on any atom is -0.457 e. The standard InChI is InChI=1S/C73H64O8/c1-45-37-63(38-46(2)71(45)80-65-41-49(5)69(50(6)42-65)78-61-29-21-55(22-30-61)67(74)53-17-13-11-14-18-53)76-59-33-25-57(26-34-59)73(9,10)58-27-35-60(36-28-58)77-64-39-47(3)72(48(4)40-64)81-66-43-51(7)70(52(8)44-66)79-62-31-23-56(24-32-62)68(75)54-19-15-12-16-20-54/h11-44H,1-10H3. The maximum Gasteiger partial charge on any atom is 0.193 e. The van der Waals surface area contributed by atoms with Gasteiger partial charge in [0.25, 0.3) is 0 Å². The lowest BCUT2D eigenvalue weighted by molar-refractivity contribution is 0.103. The van der Waals surface area contributed by atoms with Gasteiger partial charge in [-0.3, -0.25) is 9.59 Å². The molecule has 10 rings (SSSR count). The molecule has 8 nitrogen and oxygen atoms in total. The van der Waals surface area contributed by atoms with Crippen molar-refractivity contribution in [1.82, 2.24) is 0 Å². The van der Waals surface area contributed by atoms with Crippen molar-refractivity contribution in [3.05, 3.63) is 284 Å². The SMILES string of the molecule is Cc1cc(Oc2ccc(C(C)(C)c3ccc(Oc4cc(C)c(Oc5cc(C)c(Oc6ccc(C(=O)c7ccccc7)cc6)c(C)c5)c(C)c4)cc3)cc2)cc(C)c1Oc1cc(C)c(Oc2ccc(C(=O)c3ccccc3)cc2)c(C)c1. The summed E-state index contributed by atoms with van der Waals surface area (Å²) in [6.45, 7) is 20.5. The highest BCUT2D eigenvalue weighted by Crippen LogP contribution is 2.41. The van der Waals surface area contributed by atoms with E-state index in [1.807, 2.05) is 213 Å². The number of hydrogen-bond donors (Lipinski definition) is 0. The smallest absolute Gasteiger partial charge is 0.193 e. The van der Waals surface area contributed by atoms with Crippen LogP contribution in [0.25, 0.3) is 0 Å². The zero-order valence-electron chi connectivity index (χ0n) is 47.4. The Labute approximate surface area is 475 Å². The Kier molecular flexibility index (Phi) is 15.8. The summed E-state index contributed by atoms with van der Waals surface area (Å²) in [5.41, 5.74) is 12.0. The molecule has 404 valence electrons. The molecule has 81 heavy (non-hydrogen) atoms. The fourth-order valence-corrected chi connectivity index (χ4v) is 10.2. The molecule has 0 bridgehead atoms. The highest BCUT2D eigenvalue weighted by molar-refractivity contribution is 6.09. The normalized spacial score (nSPS) is 11.2. The second-order valence-corrected chi connectivity index (χ2v) is 21.3. The van der Waals surface area contributed by atoms with E-state index in [0.717, 1.165) is 102 Å². The number of ketones is 2. The van der Waals surface area contributed by atoms with Gasteiger partial charge in [0.1, 0.15) is 69.0 Å². The van der Waals surface area contributed by atoms with Crippen molar-refractivity contribution in [1.29, 1.82) is 0 Å². The molecular weight excluding hydrogens is 1000 g/mol. The van der Waals surface area contributed by atoms with Crippen molar-refractivity contribution in [3.8, 4) is 69.0 Å². The van der Waals surface area contributed by atoms with Crippen LogP contribution in [0.5, 0.6) is 69.0 Å². The van der Waals surface area contributed by atoms with Crippen LogP contribution in [0.15, 0.2) is 206 Å². The predicted octanol–water partition coefficient (Wildman–Crippen LogP) is 19.7. The lowest BCUT2D eigenvalue weighted by Gasteiger charge is -2.26. The molecule has 0 spiro atoms. The number of carbonyl (C=O) groups excluding carboxylic acids is 2. The highest BCUT2D eigenvalue weighted by Gasteiger charge is 2.24. The average Bonchev–Trinajstić information content (AvgIpc) is 3.52. The van der Waals surface area contributed by atoms with Crippen LogP contribution in [0, 0.1) is 55.4 Å². The monoisotopic (exact) mass is 1070 g/mol. The summed E-state index contributed by atoms with van der Waals surface area (Å²) in [7, 11) is 0. The Morgan fingerprint density at radius 2 is 0.469 bits per heavy atom. The van der Waals surface area contributed by atoms with Gasteiger partial charge in [-0.05, 0) is 232 Å². The molecular formula is C73H64O8. The molecule has 0 saturated carbocycles. The Morgan fingerprint density at radius 1 is 0.259 bits per heavy atom. The topological polar surface area (TPSA) is 89.5 Å². The van der Waals surface area contributed by atoms with Crippen LogP contribution in [0.1, 0.15) is 101 Å². The van der Waals surface area contributed by atoms with Gasteiger partial charge in [0, 0.05) is 27.7 Å². The van der Waals surface area contributed by atoms with Crippen LogP contribution < -0.4 is 28.4 Å². The van der Waals surface area contributed by atoms with Gasteiger partial charge in [-0.25, -0.2) is 0 Å². The molecule has 10 aromatic rings. The van der Waals surface area contributed by atoms with E-state index in [-0.39, 0.29) is 17.0 Å². The molecule has 8 heteroatoms. The van der Waals surface area contributed by atoms with Crippen molar-refractivity contribution in [2.75, 3.05) is 0 Å². The summed E-state index contributed by atoms with van der Waals surface area (Å²) in [6.07, 6.45) is 0. The quantitative estimate of drug-likeness (QED) is 0.0785. The fraction of sp³-hybridized carbons (Fsp3) is 0.151. The number of rotatable bonds is 18. The van der Waals surface area contributed by atoms with Gasteiger partial charge in [-0.1, -0.05) is 98.8 Å². The van der Waals surface area contributed by atoms with Crippen molar-refractivity contribution >= 4 is 11.6 Å². The fourth-order valence-electron chi connectivity index (χ4n) is 10.2. The Morgan fingerprint density at radius 3 is 0.741 bits per heavy atom. The number of benzene rings is 10. The minimum atomic E-state index is -0.302. The first kappa shape index (κ1) is 54.7. The molecule has 0 aliphatic carbocycles. The van der Waals surface area contributed by atoms with Gasteiger partial charge >= 0.3 is 0 Å². The number of aryl methyl sites for hydroxylation is 8. The molecule has 0 N–H and O–H groups in total. The van der Waals surface area contributed by atoms with Crippen LogP contribution in [-0.4, -0.2) is 11.6 Å². The second kappa shape index (κ2) is 23.4. The summed E-state index contributed by atoms with van der Waals surface area (Å²) < 4.78 is 38.5. The predicted molar refractivity (Wildman–Crippen MR) is 322 cm³/mol. The van der Waals surface area contributed by atoms with Gasteiger partial charge in [0.05, 0.1) is 0 Å². The van der Waals surface area contributed by atoms with E-state index in [1.165, 1.54) is 0 Å². The third-order valence-electron chi connectivity index (χ3n) is 14.5. The number of hydrogen-bond acceptors (Lipinski definition) is 8. The first-order valence-corrected chi connectivity index (χ1v) is 27.1. The summed E-state index contributed by atoms with van der Waals surface area (Å²) in [4.78, 5) is 25.8. The molecule has 0 heterocycles. The maximum absolute atomic E-state index is 12.9. The van der Waals surface area contributed by atoms with E-state index in [1.54, 1.807) is 24.3 Å². The van der Waals surface area contributed by atoms with E-state index in [0.29, 0.717) is 45.3 Å². The van der Waals surface area contributed by atoms with Crippen LogP contribution in [0.4, 0.5) is 0 Å². The molecule has 0 atom stereocenters. The largest absolute Gasteiger partial charge is 0.457 e. The van der Waals surface area contributed by atoms with Gasteiger partial charge in [-0.15, -0.1) is 0 Å². The van der Waals surface area contributed by atoms with Crippen molar-refractivity contribution < 1.29 is 38.0 Å². The van der Waals surface area contributed by atoms with Crippen molar-refractivity contribution in [3.63, 3.8) is 0 Å². The number of carbonyl (C=O) groups is 2. The lowest BCUT2D eigenvalue weighted by atomic mass is 9.78. The molecule has 0 fully saturated rings. The maximum atomic E-state index is 12.9. The van der Waals surface area contributed by atoms with Gasteiger partial charge in [0.2, 0.25) is 0 Å². The summed E-state index contributed by atoms with van der Waals surface area (Å²) >= 11 is 0. The molecule has 0 aliphatic rings. The molecule has 0 saturated heterocycles. The van der Waals surface area contributed by atoms with E-state index >= 15 is 0 Å². The van der Waals surface area contributed by atoms with Crippen molar-refractivity contribution in [2.24, 2.45) is 0 Å². The lowest BCUT2D eigenvalue weighted by Crippen LogP contribution is -2.18. The summed E-state index contributed by atoms with van der Waals surface area (Å²) in [5.74, 6) is 8.60. The zero-order valence-corrected chi connectivity index (χ0v) is 47.4. The second-order valence-electron chi connectivity index (χ2n) is 21.3. The van der Waals surface area contributed by atoms with E-state index in [9.17, 15) is 9.59 Å². The van der Waals surface area contributed by atoms with E-state index < -0.39 is 0 Å². The minimum absolute atomic E-state index is 0.0283. The van der Waals surface area contributed by atoms with Crippen LogP contribution in [0.2, 0.25) is 0 Å². The summed E-state index contributed by atoms with van der Waals surface area (Å²) in [5, 5.41) is 0. The van der Waals surface area contributed by atoms with E-state index in [4.69, 9.17) is 28.4 Å². The third kappa shape index (κ3) is 12.5. The van der Waals surface area contributed by atoms with Crippen molar-refractivity contribution in [2.45, 2.75) is 74.7 Å². The first-order chi connectivity index (χ1) is 38.9. The molecule has 0 aromatic heterocycles. The van der Waals surface area contributed by atoms with Crippen LogP contribution in [0.3, 0.4) is 0 Å². The molecule has 10 aromatic carbocycles. The Hall–Kier alpha value is -9.66. The molecule has 0 amide bonds. The highest BCUT2D eigenvalue weighted by atomic mass is 16.5. The van der Waals surface area contributed by atoms with Crippen LogP contribution in [-0.2, 0) is 5.41 Å². The van der Waals surface area contributed by atoms with E-state index in [2.05, 4.69) is 38.1 Å². The van der Waals surface area contributed by atoms with Gasteiger partial charge < -0.3 is 28.4 Å². The molecule has 0 unspecified atom stereocenters. The Balaban J connectivity index is 0.731. The molecule has 0 radical (unpaired) electrons. The average molecular weight is 1070 g/mol. The number of ether oxygens (including phenoxy) is 6. The van der Waals surface area contributed by atoms with Gasteiger partial charge in [-0.2, -0.15) is 0 Å². The first-order valence-electron chi connectivity index (χ1n) is 27.1. The third-order valence-corrected chi connectivity index (χ3v) is 14.5. The van der Waals surface area contributed by atoms with Gasteiger partial charge in [0.15, 0.2) is 11.6 Å². The molecule has 0 aliphatic heterocycles. The Bertz CT molecular complexity index is 3570. The van der Waals surface area contributed by atoms with Crippen LogP contribution >= 0.6 is 0 Å².